The second kappa shape index (κ2) is 5.27. The zero-order chi connectivity index (χ0) is 14.0. The number of carbonyl (C=O) groups excluding carboxylic acids is 1. The maximum atomic E-state index is 11.7. The number of hydrogen-bond donors (Lipinski definition) is 3. The number of rotatable bonds is 3. The van der Waals surface area contributed by atoms with Crippen LogP contribution in [0.2, 0.25) is 0 Å². The number of primary amides is 1. The minimum absolute atomic E-state index is 0.401. The number of benzene rings is 1. The second-order valence-corrected chi connectivity index (χ2v) is 4.58. The van der Waals surface area contributed by atoms with E-state index in [-0.39, 0.29) is 0 Å². The molecule has 0 spiro atoms. The van der Waals surface area contributed by atoms with Crippen molar-refractivity contribution in [2.24, 2.45) is 5.73 Å². The summed E-state index contributed by atoms with van der Waals surface area (Å²) in [6, 6.07) is 7.04. The first kappa shape index (κ1) is 13.4. The van der Waals surface area contributed by atoms with Crippen molar-refractivity contribution in [1.82, 2.24) is 10.6 Å². The first-order chi connectivity index (χ1) is 9.04. The second-order valence-electron chi connectivity index (χ2n) is 4.18. The van der Waals surface area contributed by atoms with Gasteiger partial charge in [-0.1, -0.05) is 18.2 Å². The van der Waals surface area contributed by atoms with Gasteiger partial charge in [0.05, 0.1) is 18.7 Å². The minimum atomic E-state index is -0.490. The van der Waals surface area contributed by atoms with Crippen molar-refractivity contribution in [3.8, 4) is 5.75 Å². The van der Waals surface area contributed by atoms with Gasteiger partial charge in [-0.25, -0.2) is 0 Å². The highest BCUT2D eigenvalue weighted by Crippen LogP contribution is 2.32. The molecule has 1 aliphatic heterocycles. The molecular weight excluding hydrogens is 262 g/mol. The van der Waals surface area contributed by atoms with Gasteiger partial charge in [0.15, 0.2) is 5.11 Å². The van der Waals surface area contributed by atoms with Crippen molar-refractivity contribution in [2.75, 3.05) is 7.11 Å². The number of thiocarbonyl (C=S) groups is 1. The lowest BCUT2D eigenvalue weighted by molar-refractivity contribution is -0.115. The smallest absolute Gasteiger partial charge is 0.248 e. The largest absolute Gasteiger partial charge is 0.496 e. The Kier molecular flexibility index (Phi) is 3.71. The van der Waals surface area contributed by atoms with E-state index < -0.39 is 11.9 Å². The third-order valence-corrected chi connectivity index (χ3v) is 3.20. The zero-order valence-corrected chi connectivity index (χ0v) is 11.5. The average Bonchev–Trinajstić information content (AvgIpc) is 2.37. The Bertz CT molecular complexity index is 569. The molecule has 6 heteroatoms. The summed E-state index contributed by atoms with van der Waals surface area (Å²) in [5.74, 6) is 0.187. The Hall–Kier alpha value is -2.08. The van der Waals surface area contributed by atoms with Gasteiger partial charge in [0.1, 0.15) is 5.75 Å². The zero-order valence-electron chi connectivity index (χ0n) is 10.7. The average molecular weight is 277 g/mol. The fourth-order valence-corrected chi connectivity index (χ4v) is 2.43. The summed E-state index contributed by atoms with van der Waals surface area (Å²) in [6.07, 6.45) is 0. The molecule has 0 aromatic heterocycles. The Morgan fingerprint density at radius 1 is 1.42 bits per heavy atom. The number of nitrogens with two attached hydrogens (primary N) is 1. The molecule has 0 fully saturated rings. The molecule has 1 aliphatic rings. The summed E-state index contributed by atoms with van der Waals surface area (Å²) in [5.41, 5.74) is 7.40. The molecule has 1 aromatic rings. The van der Waals surface area contributed by atoms with E-state index in [1.165, 1.54) is 0 Å². The van der Waals surface area contributed by atoms with Crippen LogP contribution in [-0.4, -0.2) is 18.1 Å². The maximum absolute atomic E-state index is 11.7. The molecule has 19 heavy (non-hydrogen) atoms. The van der Waals surface area contributed by atoms with Gasteiger partial charge in [-0.15, -0.1) is 0 Å². The van der Waals surface area contributed by atoms with Crippen LogP contribution in [0.25, 0.3) is 0 Å². The molecule has 1 amide bonds. The summed E-state index contributed by atoms with van der Waals surface area (Å²) < 4.78 is 5.32. The van der Waals surface area contributed by atoms with Gasteiger partial charge >= 0.3 is 0 Å². The van der Waals surface area contributed by atoms with Crippen LogP contribution in [0.15, 0.2) is 35.5 Å². The van der Waals surface area contributed by atoms with Crippen LogP contribution in [0, 0.1) is 0 Å². The number of carbonyl (C=O) groups is 1. The molecule has 0 saturated carbocycles. The summed E-state index contributed by atoms with van der Waals surface area (Å²) >= 11 is 5.13. The number of hydrogen-bond acceptors (Lipinski definition) is 3. The van der Waals surface area contributed by atoms with Crippen molar-refractivity contribution in [1.29, 1.82) is 0 Å². The van der Waals surface area contributed by atoms with Crippen LogP contribution in [0.3, 0.4) is 0 Å². The molecule has 100 valence electrons. The van der Waals surface area contributed by atoms with E-state index in [0.29, 0.717) is 22.1 Å². The summed E-state index contributed by atoms with van der Waals surface area (Å²) in [5, 5.41) is 6.41. The lowest BCUT2D eigenvalue weighted by atomic mass is 9.94. The minimum Gasteiger partial charge on any atom is -0.496 e. The van der Waals surface area contributed by atoms with Crippen molar-refractivity contribution in [3.05, 3.63) is 41.1 Å². The van der Waals surface area contributed by atoms with Crippen molar-refractivity contribution in [3.63, 3.8) is 0 Å². The lowest BCUT2D eigenvalue weighted by Gasteiger charge is -2.30. The fraction of sp³-hybridized carbons (Fsp3) is 0.231. The van der Waals surface area contributed by atoms with Crippen LogP contribution < -0.4 is 21.1 Å². The van der Waals surface area contributed by atoms with Crippen molar-refractivity contribution >= 4 is 23.2 Å². The summed E-state index contributed by atoms with van der Waals surface area (Å²) in [6.45, 7) is 1.77. The number of para-hydroxylation sites is 1. The Labute approximate surface area is 116 Å². The summed E-state index contributed by atoms with van der Waals surface area (Å²) in [4.78, 5) is 11.7. The van der Waals surface area contributed by atoms with Crippen LogP contribution in [0.5, 0.6) is 5.75 Å². The molecular formula is C13H15N3O2S. The number of methoxy groups -OCH3 is 1. The Morgan fingerprint density at radius 3 is 2.74 bits per heavy atom. The first-order valence-electron chi connectivity index (χ1n) is 5.75. The SMILES string of the molecule is COc1ccccc1[C@@H]1NC(=S)NC(C)=C1C(N)=O. The van der Waals surface area contributed by atoms with Gasteiger partial charge < -0.3 is 21.1 Å². The standard InChI is InChI=1S/C13H15N3O2S/c1-7-10(12(14)17)11(16-13(19)15-7)8-5-3-4-6-9(8)18-2/h3-6,11H,1-2H3,(H2,14,17)(H2,15,16,19)/t11-/m0/s1. The topological polar surface area (TPSA) is 76.4 Å². The number of nitrogens with one attached hydrogen (secondary N) is 2. The molecule has 0 radical (unpaired) electrons. The van der Waals surface area contributed by atoms with E-state index in [9.17, 15) is 4.79 Å². The van der Waals surface area contributed by atoms with Crippen molar-refractivity contribution in [2.45, 2.75) is 13.0 Å². The van der Waals surface area contributed by atoms with E-state index in [1.807, 2.05) is 24.3 Å². The number of allylic oxidation sites excluding steroid dienone is 1. The normalized spacial score (nSPS) is 18.6. The van der Waals surface area contributed by atoms with Gasteiger partial charge in [0.2, 0.25) is 5.91 Å². The first-order valence-corrected chi connectivity index (χ1v) is 6.16. The van der Waals surface area contributed by atoms with Crippen molar-refractivity contribution < 1.29 is 9.53 Å². The molecule has 0 saturated heterocycles. The predicted octanol–water partition coefficient (Wildman–Crippen LogP) is 0.973. The lowest BCUT2D eigenvalue weighted by Crippen LogP contribution is -2.46. The van der Waals surface area contributed by atoms with Crippen LogP contribution in [-0.2, 0) is 4.79 Å². The molecule has 2 rings (SSSR count). The van der Waals surface area contributed by atoms with Crippen LogP contribution >= 0.6 is 12.2 Å². The highest BCUT2D eigenvalue weighted by molar-refractivity contribution is 7.80. The van der Waals surface area contributed by atoms with Gasteiger partial charge in [-0.3, -0.25) is 4.79 Å². The van der Waals surface area contributed by atoms with Gasteiger partial charge in [0, 0.05) is 11.3 Å². The van der Waals surface area contributed by atoms with E-state index in [4.69, 9.17) is 22.7 Å². The molecule has 1 heterocycles. The van der Waals surface area contributed by atoms with E-state index >= 15 is 0 Å². The molecule has 5 nitrogen and oxygen atoms in total. The van der Waals surface area contributed by atoms with E-state index in [2.05, 4.69) is 10.6 Å². The molecule has 0 aliphatic carbocycles. The van der Waals surface area contributed by atoms with Crippen LogP contribution in [0.1, 0.15) is 18.5 Å². The highest BCUT2D eigenvalue weighted by Gasteiger charge is 2.30. The predicted molar refractivity (Wildman–Crippen MR) is 76.5 cm³/mol. The summed E-state index contributed by atoms with van der Waals surface area (Å²) in [7, 11) is 1.58. The molecule has 1 aromatic carbocycles. The van der Waals surface area contributed by atoms with Gasteiger partial charge in [-0.05, 0) is 25.2 Å². The Morgan fingerprint density at radius 2 is 2.11 bits per heavy atom. The molecule has 0 unspecified atom stereocenters. The maximum Gasteiger partial charge on any atom is 0.248 e. The third kappa shape index (κ3) is 2.53. The highest BCUT2D eigenvalue weighted by atomic mass is 32.1. The number of ether oxygens (including phenoxy) is 1. The quantitative estimate of drug-likeness (QED) is 0.718. The van der Waals surface area contributed by atoms with E-state index in [1.54, 1.807) is 14.0 Å². The molecule has 4 N–H and O–H groups in total. The molecule has 1 atom stereocenters. The third-order valence-electron chi connectivity index (χ3n) is 2.98. The monoisotopic (exact) mass is 277 g/mol. The molecule has 0 bridgehead atoms. The Balaban J connectivity index is 2.55. The van der Waals surface area contributed by atoms with Gasteiger partial charge in [0.25, 0.3) is 0 Å². The fourth-order valence-electron chi connectivity index (χ4n) is 2.16. The van der Waals surface area contributed by atoms with E-state index in [0.717, 1.165) is 5.56 Å². The van der Waals surface area contributed by atoms with Gasteiger partial charge in [-0.2, -0.15) is 0 Å². The number of amides is 1. The van der Waals surface area contributed by atoms with Crippen LogP contribution in [0.4, 0.5) is 0 Å².